The number of anilines is 1. The van der Waals surface area contributed by atoms with Gasteiger partial charge in [-0.25, -0.2) is 9.18 Å². The Bertz CT molecular complexity index is 602. The van der Waals surface area contributed by atoms with Crippen molar-refractivity contribution >= 4 is 11.7 Å². The predicted molar refractivity (Wildman–Crippen MR) is 74.0 cm³/mol. The second-order valence-electron chi connectivity index (χ2n) is 4.33. The number of carbonyl (C=O) groups is 1. The third-order valence-corrected chi connectivity index (χ3v) is 2.97. The summed E-state index contributed by atoms with van der Waals surface area (Å²) in [6, 6.07) is 7.54. The van der Waals surface area contributed by atoms with Crippen LogP contribution in [-0.4, -0.2) is 18.1 Å². The van der Waals surface area contributed by atoms with Crippen molar-refractivity contribution in [3.8, 4) is 0 Å². The van der Waals surface area contributed by atoms with Gasteiger partial charge < -0.3 is 10.1 Å². The van der Waals surface area contributed by atoms with E-state index >= 15 is 0 Å². The van der Waals surface area contributed by atoms with Gasteiger partial charge >= 0.3 is 5.97 Å². The fourth-order valence-electron chi connectivity index (χ4n) is 1.89. The highest BCUT2D eigenvalue weighted by Crippen LogP contribution is 2.23. The minimum absolute atomic E-state index is 0.0943. The van der Waals surface area contributed by atoms with Crippen molar-refractivity contribution in [2.45, 2.75) is 13.0 Å². The molecule has 20 heavy (non-hydrogen) atoms. The first-order valence-electron chi connectivity index (χ1n) is 6.16. The summed E-state index contributed by atoms with van der Waals surface area (Å²) in [4.78, 5) is 15.6. The second-order valence-corrected chi connectivity index (χ2v) is 4.33. The molecule has 0 spiro atoms. The van der Waals surface area contributed by atoms with Gasteiger partial charge in [0.15, 0.2) is 0 Å². The maximum atomic E-state index is 13.4. The van der Waals surface area contributed by atoms with Crippen LogP contribution < -0.4 is 5.32 Å². The summed E-state index contributed by atoms with van der Waals surface area (Å²) < 4.78 is 18.1. The summed E-state index contributed by atoms with van der Waals surface area (Å²) in [6.07, 6.45) is 3.36. The molecular weight excluding hydrogens is 259 g/mol. The number of rotatable bonds is 4. The number of nitrogens with zero attached hydrogens (tertiary/aromatic N) is 1. The first kappa shape index (κ1) is 14.0. The molecule has 1 N–H and O–H groups in total. The molecule has 2 aromatic rings. The van der Waals surface area contributed by atoms with Crippen molar-refractivity contribution in [2.24, 2.45) is 0 Å². The van der Waals surface area contributed by atoms with E-state index in [0.717, 1.165) is 5.56 Å². The molecule has 0 saturated heterocycles. The molecule has 0 radical (unpaired) electrons. The molecule has 0 fully saturated rings. The van der Waals surface area contributed by atoms with Gasteiger partial charge in [0.25, 0.3) is 0 Å². The molecule has 0 bridgehead atoms. The van der Waals surface area contributed by atoms with E-state index in [-0.39, 0.29) is 6.04 Å². The highest BCUT2D eigenvalue weighted by atomic mass is 19.1. The zero-order valence-electron chi connectivity index (χ0n) is 11.3. The van der Waals surface area contributed by atoms with Crippen LogP contribution in [0.25, 0.3) is 0 Å². The number of aromatic nitrogens is 1. The lowest BCUT2D eigenvalue weighted by Gasteiger charge is -2.17. The topological polar surface area (TPSA) is 51.2 Å². The van der Waals surface area contributed by atoms with E-state index in [1.165, 1.54) is 25.3 Å². The molecule has 0 aliphatic rings. The maximum Gasteiger partial charge on any atom is 0.339 e. The van der Waals surface area contributed by atoms with Crippen LogP contribution in [0.1, 0.15) is 28.9 Å². The van der Waals surface area contributed by atoms with Crippen LogP contribution in [0.3, 0.4) is 0 Å². The lowest BCUT2D eigenvalue weighted by Crippen LogP contribution is -2.12. The SMILES string of the molecule is COC(=O)c1ccc(F)cc1NC(C)c1ccncc1. The zero-order valence-corrected chi connectivity index (χ0v) is 11.3. The molecule has 0 aliphatic heterocycles. The maximum absolute atomic E-state index is 13.4. The fourth-order valence-corrected chi connectivity index (χ4v) is 1.89. The van der Waals surface area contributed by atoms with Crippen LogP contribution in [0.15, 0.2) is 42.7 Å². The molecule has 1 unspecified atom stereocenters. The van der Waals surface area contributed by atoms with E-state index in [4.69, 9.17) is 4.74 Å². The Morgan fingerprint density at radius 3 is 2.65 bits per heavy atom. The molecule has 0 saturated carbocycles. The van der Waals surface area contributed by atoms with E-state index in [2.05, 4.69) is 10.3 Å². The second kappa shape index (κ2) is 6.14. The Morgan fingerprint density at radius 1 is 1.30 bits per heavy atom. The predicted octanol–water partition coefficient (Wildman–Crippen LogP) is 3.18. The summed E-state index contributed by atoms with van der Waals surface area (Å²) >= 11 is 0. The smallest absolute Gasteiger partial charge is 0.339 e. The number of esters is 1. The summed E-state index contributed by atoms with van der Waals surface area (Å²) in [5.74, 6) is -0.920. The molecule has 1 aromatic carbocycles. The Kier molecular flexibility index (Phi) is 4.30. The third-order valence-electron chi connectivity index (χ3n) is 2.97. The van der Waals surface area contributed by atoms with E-state index in [1.807, 2.05) is 19.1 Å². The minimum Gasteiger partial charge on any atom is -0.465 e. The van der Waals surface area contributed by atoms with Gasteiger partial charge in [0, 0.05) is 18.4 Å². The Morgan fingerprint density at radius 2 is 2.00 bits per heavy atom. The Labute approximate surface area is 116 Å². The van der Waals surface area contributed by atoms with E-state index in [9.17, 15) is 9.18 Å². The summed E-state index contributed by atoms with van der Waals surface area (Å²) in [5.41, 5.74) is 1.69. The van der Waals surface area contributed by atoms with Crippen molar-refractivity contribution < 1.29 is 13.9 Å². The summed E-state index contributed by atoms with van der Waals surface area (Å²) in [5, 5.41) is 3.11. The zero-order chi connectivity index (χ0) is 14.5. The summed E-state index contributed by atoms with van der Waals surface area (Å²) in [6.45, 7) is 1.92. The van der Waals surface area contributed by atoms with Gasteiger partial charge in [-0.15, -0.1) is 0 Å². The highest BCUT2D eigenvalue weighted by molar-refractivity contribution is 5.95. The highest BCUT2D eigenvalue weighted by Gasteiger charge is 2.15. The molecule has 1 atom stereocenters. The lowest BCUT2D eigenvalue weighted by molar-refractivity contribution is 0.0601. The van der Waals surface area contributed by atoms with E-state index in [0.29, 0.717) is 11.3 Å². The Hall–Kier alpha value is -2.43. The van der Waals surface area contributed by atoms with Gasteiger partial charge in [-0.2, -0.15) is 0 Å². The number of nitrogens with one attached hydrogen (secondary N) is 1. The van der Waals surface area contributed by atoms with Gasteiger partial charge in [-0.1, -0.05) is 0 Å². The van der Waals surface area contributed by atoms with Gasteiger partial charge in [0.1, 0.15) is 5.82 Å². The number of hydrogen-bond acceptors (Lipinski definition) is 4. The number of pyridine rings is 1. The number of carbonyl (C=O) groups excluding carboxylic acids is 1. The van der Waals surface area contributed by atoms with Crippen molar-refractivity contribution in [1.82, 2.24) is 4.98 Å². The number of ether oxygens (including phenoxy) is 1. The monoisotopic (exact) mass is 274 g/mol. The summed E-state index contributed by atoms with van der Waals surface area (Å²) in [7, 11) is 1.29. The number of hydrogen-bond donors (Lipinski definition) is 1. The van der Waals surface area contributed by atoms with Crippen molar-refractivity contribution in [1.29, 1.82) is 0 Å². The number of benzene rings is 1. The van der Waals surface area contributed by atoms with Crippen LogP contribution in [0.5, 0.6) is 0 Å². The van der Waals surface area contributed by atoms with Gasteiger partial charge in [0.05, 0.1) is 18.4 Å². The van der Waals surface area contributed by atoms with Gasteiger partial charge in [-0.3, -0.25) is 4.98 Å². The molecule has 4 nitrogen and oxygen atoms in total. The van der Waals surface area contributed by atoms with Crippen LogP contribution in [0, 0.1) is 5.82 Å². The van der Waals surface area contributed by atoms with Gasteiger partial charge in [0.2, 0.25) is 0 Å². The van der Waals surface area contributed by atoms with Crippen LogP contribution in [0.2, 0.25) is 0 Å². The number of halogens is 1. The molecule has 0 amide bonds. The Balaban J connectivity index is 2.28. The van der Waals surface area contributed by atoms with Crippen LogP contribution in [0.4, 0.5) is 10.1 Å². The van der Waals surface area contributed by atoms with Crippen molar-refractivity contribution in [3.05, 3.63) is 59.7 Å². The molecule has 5 heteroatoms. The lowest BCUT2D eigenvalue weighted by atomic mass is 10.1. The molecule has 1 heterocycles. The number of methoxy groups -OCH3 is 1. The average molecular weight is 274 g/mol. The van der Waals surface area contributed by atoms with Crippen molar-refractivity contribution in [3.63, 3.8) is 0 Å². The molecule has 1 aromatic heterocycles. The first-order valence-corrected chi connectivity index (χ1v) is 6.16. The van der Waals surface area contributed by atoms with E-state index < -0.39 is 11.8 Å². The van der Waals surface area contributed by atoms with Crippen LogP contribution in [-0.2, 0) is 4.74 Å². The molecule has 2 rings (SSSR count). The van der Waals surface area contributed by atoms with Gasteiger partial charge in [-0.05, 0) is 42.8 Å². The standard InChI is InChI=1S/C15H15FN2O2/c1-10(11-5-7-17-8-6-11)18-14-9-12(16)3-4-13(14)15(19)20-2/h3-10,18H,1-2H3. The fraction of sp³-hybridized carbons (Fsp3) is 0.200. The molecule has 104 valence electrons. The largest absolute Gasteiger partial charge is 0.465 e. The quantitative estimate of drug-likeness (QED) is 0.870. The third kappa shape index (κ3) is 3.12. The molecular formula is C15H15FN2O2. The van der Waals surface area contributed by atoms with Crippen LogP contribution >= 0.6 is 0 Å². The van der Waals surface area contributed by atoms with Crippen molar-refractivity contribution in [2.75, 3.05) is 12.4 Å². The first-order chi connectivity index (χ1) is 9.61. The minimum atomic E-state index is -0.505. The van der Waals surface area contributed by atoms with E-state index in [1.54, 1.807) is 12.4 Å². The normalized spacial score (nSPS) is 11.8. The average Bonchev–Trinajstić information content (AvgIpc) is 2.47. The molecule has 0 aliphatic carbocycles.